The summed E-state index contributed by atoms with van der Waals surface area (Å²) in [4.78, 5) is 36.1. The van der Waals surface area contributed by atoms with Crippen LogP contribution in [0.3, 0.4) is 0 Å². The van der Waals surface area contributed by atoms with E-state index in [4.69, 9.17) is 9.84 Å². The number of aliphatic carboxylic acids is 1. The molecule has 0 bridgehead atoms. The van der Waals surface area contributed by atoms with Crippen LogP contribution in [0.5, 0.6) is 5.75 Å². The number of carboxylic acids is 1. The molecule has 1 aromatic rings. The van der Waals surface area contributed by atoms with Crippen molar-refractivity contribution < 1.29 is 24.2 Å². The summed E-state index contributed by atoms with van der Waals surface area (Å²) in [7, 11) is 3.30. The van der Waals surface area contributed by atoms with Gasteiger partial charge in [-0.15, -0.1) is 0 Å². The van der Waals surface area contributed by atoms with Gasteiger partial charge >= 0.3 is 12.0 Å². The number of hydrogen-bond donors (Lipinski definition) is 3. The third-order valence-corrected chi connectivity index (χ3v) is 4.36. The molecule has 1 aromatic carbocycles. The molecule has 3 N–H and O–H groups in total. The van der Waals surface area contributed by atoms with E-state index in [0.717, 1.165) is 0 Å². The maximum Gasteiger partial charge on any atom is 0.319 e. The highest BCUT2D eigenvalue weighted by molar-refractivity contribution is 5.89. The van der Waals surface area contributed by atoms with Crippen molar-refractivity contribution in [3.63, 3.8) is 0 Å². The van der Waals surface area contributed by atoms with Gasteiger partial charge in [0.2, 0.25) is 0 Å². The quantitative estimate of drug-likeness (QED) is 0.716. The number of amides is 3. The molecule has 8 nitrogen and oxygen atoms in total. The van der Waals surface area contributed by atoms with Gasteiger partial charge < -0.3 is 25.4 Å². The highest BCUT2D eigenvalue weighted by Gasteiger charge is 2.26. The Morgan fingerprint density at radius 1 is 1.19 bits per heavy atom. The van der Waals surface area contributed by atoms with E-state index in [0.29, 0.717) is 37.1 Å². The van der Waals surface area contributed by atoms with Crippen LogP contribution >= 0.6 is 0 Å². The summed E-state index contributed by atoms with van der Waals surface area (Å²) in [5.74, 6) is -0.745. The predicted molar refractivity (Wildman–Crippen MR) is 96.2 cm³/mol. The Balaban J connectivity index is 1.81. The fourth-order valence-corrected chi connectivity index (χ4v) is 2.78. The first-order valence-corrected chi connectivity index (χ1v) is 8.58. The van der Waals surface area contributed by atoms with Gasteiger partial charge in [-0.2, -0.15) is 0 Å². The van der Waals surface area contributed by atoms with Crippen molar-refractivity contribution in [2.45, 2.75) is 31.7 Å². The van der Waals surface area contributed by atoms with E-state index in [1.165, 1.54) is 4.90 Å². The van der Waals surface area contributed by atoms with E-state index >= 15 is 0 Å². The average molecular weight is 363 g/mol. The van der Waals surface area contributed by atoms with Gasteiger partial charge in [0.1, 0.15) is 5.75 Å². The molecule has 1 aliphatic rings. The highest BCUT2D eigenvalue weighted by atomic mass is 16.5. The van der Waals surface area contributed by atoms with Gasteiger partial charge in [-0.1, -0.05) is 6.07 Å². The first kappa shape index (κ1) is 19.6. The number of likely N-dealkylation sites (N-methyl/N-ethyl adjacent to an activating group) is 1. The van der Waals surface area contributed by atoms with E-state index in [1.807, 2.05) is 0 Å². The molecule has 0 radical (unpaired) electrons. The zero-order valence-corrected chi connectivity index (χ0v) is 15.0. The number of anilines is 1. The normalized spacial score (nSPS) is 19.3. The van der Waals surface area contributed by atoms with Crippen molar-refractivity contribution in [1.82, 2.24) is 10.2 Å². The van der Waals surface area contributed by atoms with Crippen LogP contribution in [0, 0.1) is 5.92 Å². The first-order valence-electron chi connectivity index (χ1n) is 8.58. The summed E-state index contributed by atoms with van der Waals surface area (Å²) in [6.07, 6.45) is 2.45. The van der Waals surface area contributed by atoms with Gasteiger partial charge in [0.05, 0.1) is 5.92 Å². The number of nitrogens with one attached hydrogen (secondary N) is 2. The summed E-state index contributed by atoms with van der Waals surface area (Å²) in [6.45, 7) is -0.0739. The number of urea groups is 1. The monoisotopic (exact) mass is 363 g/mol. The van der Waals surface area contributed by atoms with E-state index in [-0.39, 0.29) is 30.5 Å². The Morgan fingerprint density at radius 2 is 1.88 bits per heavy atom. The van der Waals surface area contributed by atoms with E-state index in [9.17, 15) is 14.4 Å². The van der Waals surface area contributed by atoms with Gasteiger partial charge in [-0.05, 0) is 37.8 Å². The van der Waals surface area contributed by atoms with Crippen molar-refractivity contribution >= 4 is 23.6 Å². The highest BCUT2D eigenvalue weighted by Crippen LogP contribution is 2.24. The molecule has 2 rings (SSSR count). The maximum absolute atomic E-state index is 12.1. The predicted octanol–water partition coefficient (Wildman–Crippen LogP) is 1.92. The van der Waals surface area contributed by atoms with Crippen molar-refractivity contribution in [2.24, 2.45) is 5.92 Å². The molecule has 0 aromatic heterocycles. The molecule has 0 atom stereocenters. The topological polar surface area (TPSA) is 108 Å². The van der Waals surface area contributed by atoms with Gasteiger partial charge in [0.15, 0.2) is 6.61 Å². The Kier molecular flexibility index (Phi) is 6.82. The molecule has 142 valence electrons. The smallest absolute Gasteiger partial charge is 0.319 e. The molecule has 0 saturated heterocycles. The molecule has 0 spiro atoms. The van der Waals surface area contributed by atoms with Crippen LogP contribution in [-0.4, -0.2) is 54.7 Å². The average Bonchev–Trinajstić information content (AvgIpc) is 2.60. The van der Waals surface area contributed by atoms with Crippen molar-refractivity contribution in [3.8, 4) is 5.75 Å². The standard InChI is InChI=1S/C18H25N3O5/c1-21(2)16(22)11-26-15-5-3-4-14(10-15)20-18(25)19-13-8-6-12(7-9-13)17(23)24/h3-5,10,12-13H,6-9,11H2,1-2H3,(H,23,24)(H2,19,20,25). The SMILES string of the molecule is CN(C)C(=O)COc1cccc(NC(=O)NC2CCC(C(=O)O)CC2)c1. The molecule has 8 heteroatoms. The molecule has 0 aliphatic heterocycles. The largest absolute Gasteiger partial charge is 0.484 e. The molecule has 1 fully saturated rings. The fraction of sp³-hybridized carbons (Fsp3) is 0.500. The third-order valence-electron chi connectivity index (χ3n) is 4.36. The van der Waals surface area contributed by atoms with Gasteiger partial charge in [0.25, 0.3) is 5.91 Å². The van der Waals surface area contributed by atoms with E-state index in [1.54, 1.807) is 38.4 Å². The summed E-state index contributed by atoms with van der Waals surface area (Å²) < 4.78 is 5.42. The molecular weight excluding hydrogens is 338 g/mol. The van der Waals surface area contributed by atoms with Crippen molar-refractivity contribution in [2.75, 3.05) is 26.0 Å². The molecule has 1 saturated carbocycles. The number of nitrogens with zero attached hydrogens (tertiary/aromatic N) is 1. The number of carbonyl (C=O) groups excluding carboxylic acids is 2. The number of hydrogen-bond acceptors (Lipinski definition) is 4. The molecule has 3 amide bonds. The Bertz CT molecular complexity index is 654. The van der Waals surface area contributed by atoms with Crippen LogP contribution < -0.4 is 15.4 Å². The Morgan fingerprint density at radius 3 is 2.50 bits per heavy atom. The zero-order chi connectivity index (χ0) is 19.1. The summed E-state index contributed by atoms with van der Waals surface area (Å²) in [6, 6.07) is 6.43. The number of carboxylic acid groups (broad SMARTS) is 1. The summed E-state index contributed by atoms with van der Waals surface area (Å²) in [5, 5.41) is 14.6. The molecule has 0 unspecified atom stereocenters. The number of benzene rings is 1. The number of rotatable bonds is 6. The lowest BCUT2D eigenvalue weighted by Crippen LogP contribution is -2.40. The minimum atomic E-state index is -0.766. The molecule has 26 heavy (non-hydrogen) atoms. The van der Waals surface area contributed by atoms with Gasteiger partial charge in [-0.3, -0.25) is 9.59 Å². The van der Waals surface area contributed by atoms with Crippen LogP contribution in [0.4, 0.5) is 10.5 Å². The molecule has 1 aliphatic carbocycles. The van der Waals surface area contributed by atoms with Gasteiger partial charge in [0, 0.05) is 31.9 Å². The van der Waals surface area contributed by atoms with Crippen LogP contribution in [0.15, 0.2) is 24.3 Å². The number of ether oxygens (including phenoxy) is 1. The zero-order valence-electron chi connectivity index (χ0n) is 15.0. The lowest BCUT2D eigenvalue weighted by Gasteiger charge is -2.26. The molecule has 0 heterocycles. The summed E-state index contributed by atoms with van der Waals surface area (Å²) in [5.41, 5.74) is 0.552. The van der Waals surface area contributed by atoms with Crippen LogP contribution in [-0.2, 0) is 9.59 Å². The Labute approximate surface area is 152 Å². The van der Waals surface area contributed by atoms with Crippen LogP contribution in [0.2, 0.25) is 0 Å². The molecular formula is C18H25N3O5. The fourth-order valence-electron chi connectivity index (χ4n) is 2.78. The summed E-state index contributed by atoms with van der Waals surface area (Å²) >= 11 is 0. The van der Waals surface area contributed by atoms with Crippen LogP contribution in [0.1, 0.15) is 25.7 Å². The van der Waals surface area contributed by atoms with Crippen LogP contribution in [0.25, 0.3) is 0 Å². The number of carbonyl (C=O) groups is 3. The minimum absolute atomic E-state index is 0.0252. The lowest BCUT2D eigenvalue weighted by atomic mass is 9.86. The van der Waals surface area contributed by atoms with Crippen molar-refractivity contribution in [1.29, 1.82) is 0 Å². The minimum Gasteiger partial charge on any atom is -0.484 e. The van der Waals surface area contributed by atoms with Gasteiger partial charge in [-0.25, -0.2) is 4.79 Å². The first-order chi connectivity index (χ1) is 12.3. The maximum atomic E-state index is 12.1. The Hall–Kier alpha value is -2.77. The lowest BCUT2D eigenvalue weighted by molar-refractivity contribution is -0.142. The second kappa shape index (κ2) is 9.07. The van der Waals surface area contributed by atoms with E-state index < -0.39 is 5.97 Å². The second-order valence-corrected chi connectivity index (χ2v) is 6.59. The van der Waals surface area contributed by atoms with Crippen molar-refractivity contribution in [3.05, 3.63) is 24.3 Å². The second-order valence-electron chi connectivity index (χ2n) is 6.59. The van der Waals surface area contributed by atoms with E-state index in [2.05, 4.69) is 10.6 Å². The third kappa shape index (κ3) is 5.94.